The minimum Gasteiger partial charge on any atom is -0.477 e. The van der Waals surface area contributed by atoms with E-state index in [2.05, 4.69) is 5.32 Å². The molecule has 6 rings (SSSR count). The van der Waals surface area contributed by atoms with Gasteiger partial charge in [-0.3, -0.25) is 19.3 Å². The summed E-state index contributed by atoms with van der Waals surface area (Å²) < 4.78 is 73.7. The number of nitrogens with one attached hydrogen (secondary N) is 1. The van der Waals surface area contributed by atoms with Gasteiger partial charge in [-0.15, -0.1) is 0 Å². The van der Waals surface area contributed by atoms with Crippen LogP contribution in [-0.2, 0) is 65.2 Å². The molecule has 0 amide bonds. The van der Waals surface area contributed by atoms with E-state index < -0.39 is 131 Å². The maximum Gasteiger partial charge on any atom is 0.509 e. The van der Waals surface area contributed by atoms with E-state index >= 15 is 4.39 Å². The van der Waals surface area contributed by atoms with Gasteiger partial charge in [0.1, 0.15) is 29.2 Å². The molecule has 0 unspecified atom stereocenters. The van der Waals surface area contributed by atoms with Crippen LogP contribution >= 0.6 is 0 Å². The van der Waals surface area contributed by atoms with Gasteiger partial charge in [0, 0.05) is 62.7 Å². The minimum atomic E-state index is -1.64. The number of rotatable bonds is 17. The van der Waals surface area contributed by atoms with Gasteiger partial charge in [-0.25, -0.2) is 14.0 Å². The van der Waals surface area contributed by atoms with Crippen molar-refractivity contribution in [2.45, 2.75) is 218 Å². The molecule has 0 bridgehead atoms. The number of methoxy groups -OCH3 is 1. The Morgan fingerprint density at radius 1 is 0.962 bits per heavy atom. The average Bonchev–Trinajstić information content (AvgIpc) is 3.71. The predicted octanol–water partition coefficient (Wildman–Crippen LogP) is 5.42. The first kappa shape index (κ1) is 63.8. The number of nitrogens with zero attached hydrogens (tertiary/aromatic N) is 3. The van der Waals surface area contributed by atoms with Crippen LogP contribution in [0.1, 0.15) is 131 Å². The van der Waals surface area contributed by atoms with Gasteiger partial charge in [0.2, 0.25) is 5.43 Å². The molecule has 4 N–H and O–H groups in total. The smallest absolute Gasteiger partial charge is 0.477 e. The molecule has 4 saturated heterocycles. The Balaban J connectivity index is 1.20. The lowest BCUT2D eigenvalue weighted by Crippen LogP contribution is -2.61. The highest BCUT2D eigenvalue weighted by molar-refractivity contribution is 5.92. The van der Waals surface area contributed by atoms with Gasteiger partial charge in [-0.1, -0.05) is 20.8 Å². The van der Waals surface area contributed by atoms with Crippen molar-refractivity contribution in [1.82, 2.24) is 19.7 Å². The first-order chi connectivity index (χ1) is 37.0. The summed E-state index contributed by atoms with van der Waals surface area (Å²) in [5.41, 5.74) is -4.56. The molecule has 5 heterocycles. The summed E-state index contributed by atoms with van der Waals surface area (Å²) >= 11 is 0. The van der Waals surface area contributed by atoms with Crippen molar-refractivity contribution in [3.05, 3.63) is 45.5 Å². The first-order valence-electron chi connectivity index (χ1n) is 28.0. The number of aryl methyl sites for hydroxylation is 2. The largest absolute Gasteiger partial charge is 0.509 e. The van der Waals surface area contributed by atoms with Gasteiger partial charge >= 0.3 is 24.1 Å². The number of aromatic nitrogens is 1. The number of carbonyl (C=O) groups excluding carboxylic acids is 3. The third-order valence-electron chi connectivity index (χ3n) is 17.0. The molecular formula is C57H89FN4O17. The van der Waals surface area contributed by atoms with Gasteiger partial charge in [-0.05, 0) is 139 Å². The zero-order valence-corrected chi connectivity index (χ0v) is 48.9. The van der Waals surface area contributed by atoms with Crippen LogP contribution in [0.3, 0.4) is 0 Å². The molecule has 1 aromatic heterocycles. The van der Waals surface area contributed by atoms with Crippen LogP contribution in [0.5, 0.6) is 0 Å². The number of aromatic carboxylic acids is 1. The van der Waals surface area contributed by atoms with Crippen molar-refractivity contribution in [3.8, 4) is 0 Å². The number of carbonyl (C=O) groups is 4. The van der Waals surface area contributed by atoms with Crippen molar-refractivity contribution in [2.24, 2.45) is 17.8 Å². The van der Waals surface area contributed by atoms with Crippen LogP contribution in [0.15, 0.2) is 23.1 Å². The summed E-state index contributed by atoms with van der Waals surface area (Å²) in [6.07, 6.45) is -7.23. The third-order valence-corrected chi connectivity index (χ3v) is 17.0. The number of hydrogen-bond donors (Lipinski definition) is 4. The van der Waals surface area contributed by atoms with Gasteiger partial charge in [0.15, 0.2) is 30.4 Å². The molecule has 22 heteroatoms. The first-order valence-corrected chi connectivity index (χ1v) is 28.0. The third kappa shape index (κ3) is 14.3. The summed E-state index contributed by atoms with van der Waals surface area (Å²) in [6, 6.07) is 1.93. The maximum absolute atomic E-state index is 15.2. The highest BCUT2D eigenvalue weighted by Crippen LogP contribution is 2.42. The fourth-order valence-electron chi connectivity index (χ4n) is 12.5. The lowest BCUT2D eigenvalue weighted by Gasteiger charge is -2.49. The van der Waals surface area contributed by atoms with Crippen molar-refractivity contribution in [3.63, 3.8) is 0 Å². The number of pyridine rings is 1. The van der Waals surface area contributed by atoms with E-state index in [1.165, 1.54) is 13.3 Å². The van der Waals surface area contributed by atoms with E-state index in [9.17, 15) is 39.3 Å². The molecule has 4 aliphatic rings. The molecule has 2 aromatic rings. The summed E-state index contributed by atoms with van der Waals surface area (Å²) in [5.74, 6) is -5.33. The summed E-state index contributed by atoms with van der Waals surface area (Å²) in [6.45, 7) is 21.3. The number of aliphatic hydroxyl groups excluding tert-OH is 1. The Kier molecular flexibility index (Phi) is 21.2. The number of hydrogen-bond acceptors (Lipinski definition) is 19. The number of likely N-dealkylation sites (N-methyl/N-ethyl adjacent to an activating group) is 2. The standard InChI is InChI=1S/C57H89FN4O17/c1-16-42-57(11)49(78-54(69)79-57)34(7)61(14)28-30(3)26-55(9,70)48(77-53-46(65)41(60(12)13)23-31(4)72-53)32(5)47(33(6)52(68)74-42)76-44-27-56(10,71-15)50(35(8)73-44)75-43(63)20-22-59-21-18-19-36-24-40-37(25-39(36)58)45(64)38(51(66)67)29-62(40)17-2/h24-25,29-35,41-42,44,46-50,53,59,65,70H,16-23,26-28H2,1-15H3,(H,66,67)/t30-,31+,32+,33+,34-,35-,41-,42-,44+,46-,47+,48-,49+,50+,53-,55+,56-,57-/m0/s1. The van der Waals surface area contributed by atoms with Gasteiger partial charge in [0.05, 0.1) is 47.9 Å². The highest BCUT2D eigenvalue weighted by atomic mass is 19.1. The van der Waals surface area contributed by atoms with E-state index in [0.717, 1.165) is 6.07 Å². The van der Waals surface area contributed by atoms with Crippen LogP contribution in [0.2, 0.25) is 0 Å². The lowest BCUT2D eigenvalue weighted by atomic mass is 9.77. The molecule has 0 spiro atoms. The number of benzene rings is 1. The molecular weight excluding hydrogens is 1030 g/mol. The Bertz CT molecular complexity index is 2510. The maximum atomic E-state index is 15.2. The van der Waals surface area contributed by atoms with Crippen molar-refractivity contribution in [1.29, 1.82) is 0 Å². The number of halogens is 1. The number of fused-ring (bicyclic) bond motifs is 2. The Labute approximate surface area is 463 Å². The zero-order chi connectivity index (χ0) is 58.6. The SMILES string of the molecule is CC[C@@H]1OC(=O)[C@H](C)[C@H](O[C@@H]2C[C@](C)(OC)[C@H](OC(=O)CCNCCCc3cc4c(cc3F)c(=O)c(C(=O)O)cn4CC)[C@H](C)O2)[C@@H](C)[C@H](O[C@@H]2O[C@H](C)C[C@H](N(C)C)[C@@H]2O)[C@](C)(O)C[C@H](C)CN(C)[C@@H](C)[C@H]2OC(=O)O[C@@]12C. The number of aliphatic hydroxyl groups is 2. The lowest BCUT2D eigenvalue weighted by molar-refractivity contribution is -0.318. The quantitative estimate of drug-likeness (QED) is 0.0877. The van der Waals surface area contributed by atoms with E-state index in [4.69, 9.17) is 42.6 Å². The number of cyclic esters (lactones) is 1. The van der Waals surface area contributed by atoms with Crippen molar-refractivity contribution in [2.75, 3.05) is 47.9 Å². The molecule has 0 aliphatic carbocycles. The van der Waals surface area contributed by atoms with E-state index in [1.54, 1.807) is 59.1 Å². The molecule has 446 valence electrons. The van der Waals surface area contributed by atoms with Crippen LogP contribution < -0.4 is 10.7 Å². The normalized spacial score (nSPS) is 37.1. The Hall–Kier alpha value is -4.36. The van der Waals surface area contributed by atoms with E-state index in [1.807, 2.05) is 58.6 Å². The van der Waals surface area contributed by atoms with E-state index in [0.29, 0.717) is 50.0 Å². The molecule has 0 radical (unpaired) electrons. The average molecular weight is 1120 g/mol. The molecule has 18 atom stereocenters. The fraction of sp³-hybridized carbons (Fsp3) is 0.772. The summed E-state index contributed by atoms with van der Waals surface area (Å²) in [7, 11) is 7.13. The van der Waals surface area contributed by atoms with Crippen LogP contribution in [0.4, 0.5) is 9.18 Å². The molecule has 21 nitrogen and oxygen atoms in total. The van der Waals surface area contributed by atoms with Gasteiger partial charge < -0.3 is 72.7 Å². The minimum absolute atomic E-state index is 0.00347. The fourth-order valence-corrected chi connectivity index (χ4v) is 12.5. The van der Waals surface area contributed by atoms with Gasteiger partial charge in [0.25, 0.3) is 0 Å². The molecule has 79 heavy (non-hydrogen) atoms. The molecule has 4 fully saturated rings. The van der Waals surface area contributed by atoms with Crippen molar-refractivity contribution >= 4 is 35.0 Å². The molecule has 0 saturated carbocycles. The Morgan fingerprint density at radius 3 is 2.29 bits per heavy atom. The highest BCUT2D eigenvalue weighted by Gasteiger charge is 2.58. The van der Waals surface area contributed by atoms with Crippen LogP contribution in [0, 0.1) is 23.6 Å². The second kappa shape index (κ2) is 26.3. The number of esters is 2. The predicted molar refractivity (Wildman–Crippen MR) is 288 cm³/mol. The van der Waals surface area contributed by atoms with Crippen LogP contribution in [-0.4, -0.2) is 192 Å². The second-order valence-corrected chi connectivity index (χ2v) is 23.6. The van der Waals surface area contributed by atoms with Gasteiger partial charge in [-0.2, -0.15) is 0 Å². The topological polar surface area (TPSA) is 253 Å². The van der Waals surface area contributed by atoms with E-state index in [-0.39, 0.29) is 55.7 Å². The second-order valence-electron chi connectivity index (χ2n) is 23.6. The molecule has 1 aromatic carbocycles. The van der Waals surface area contributed by atoms with Crippen LogP contribution in [0.25, 0.3) is 10.9 Å². The monoisotopic (exact) mass is 1120 g/mol. The number of carboxylic acid groups (broad SMARTS) is 1. The number of ether oxygens (including phenoxy) is 9. The summed E-state index contributed by atoms with van der Waals surface area (Å²) in [4.78, 5) is 69.6. The van der Waals surface area contributed by atoms with Crippen molar-refractivity contribution < 1.29 is 81.5 Å². The number of carboxylic acids is 1. The Morgan fingerprint density at radius 2 is 1.66 bits per heavy atom. The summed E-state index contributed by atoms with van der Waals surface area (Å²) in [5, 5.41) is 37.3. The molecule has 4 aliphatic heterocycles. The zero-order valence-electron chi connectivity index (χ0n) is 48.9.